The van der Waals surface area contributed by atoms with Crippen molar-refractivity contribution < 1.29 is 14.7 Å². The van der Waals surface area contributed by atoms with Crippen LogP contribution >= 0.6 is 0 Å². The molecule has 1 amide bonds. The van der Waals surface area contributed by atoms with Gasteiger partial charge in [-0.3, -0.25) is 9.59 Å². The SMILES string of the molecule is CC(N/C=C(/C#N)C(=O)NCCCC(=O)O)C12CC3CC(CC(C3)C1)C2. The summed E-state index contributed by atoms with van der Waals surface area (Å²) in [6, 6.07) is 2.20. The molecule has 4 aliphatic carbocycles. The summed E-state index contributed by atoms with van der Waals surface area (Å²) in [6.07, 6.45) is 9.90. The third kappa shape index (κ3) is 4.03. The molecule has 4 bridgehead atoms. The molecule has 3 N–H and O–H groups in total. The molecule has 0 spiro atoms. The van der Waals surface area contributed by atoms with Crippen LogP contribution in [0.25, 0.3) is 0 Å². The summed E-state index contributed by atoms with van der Waals surface area (Å²) in [4.78, 5) is 22.6. The van der Waals surface area contributed by atoms with Crippen LogP contribution in [0.3, 0.4) is 0 Å². The highest BCUT2D eigenvalue weighted by molar-refractivity contribution is 5.97. The number of aliphatic carboxylic acids is 1. The third-order valence-corrected chi connectivity index (χ3v) is 6.70. The molecular formula is C20H29N3O3. The summed E-state index contributed by atoms with van der Waals surface area (Å²) in [7, 11) is 0. The number of carboxylic acid groups (broad SMARTS) is 1. The first-order valence-corrected chi connectivity index (χ1v) is 9.78. The zero-order chi connectivity index (χ0) is 18.7. The molecule has 0 aromatic heterocycles. The minimum Gasteiger partial charge on any atom is -0.481 e. The maximum atomic E-state index is 12.1. The van der Waals surface area contributed by atoms with Gasteiger partial charge in [-0.15, -0.1) is 0 Å². The second-order valence-electron chi connectivity index (χ2n) is 8.59. The number of nitrogens with zero attached hydrogens (tertiary/aromatic N) is 1. The highest BCUT2D eigenvalue weighted by Crippen LogP contribution is 2.61. The van der Waals surface area contributed by atoms with E-state index >= 15 is 0 Å². The topological polar surface area (TPSA) is 102 Å². The Balaban J connectivity index is 1.54. The monoisotopic (exact) mass is 359 g/mol. The highest BCUT2D eigenvalue weighted by atomic mass is 16.4. The Morgan fingerprint density at radius 2 is 1.81 bits per heavy atom. The number of carboxylic acids is 1. The van der Waals surface area contributed by atoms with Gasteiger partial charge in [0, 0.05) is 25.2 Å². The average Bonchev–Trinajstić information content (AvgIpc) is 2.57. The quantitative estimate of drug-likeness (QED) is 0.351. The van der Waals surface area contributed by atoms with Crippen LogP contribution in [0.5, 0.6) is 0 Å². The standard InChI is InChI=1S/C20H29N3O3/c1-13(20-8-14-5-15(9-20)7-16(6-14)10-20)23-12-17(11-21)19(26)22-4-2-3-18(24)25/h12-16,23H,2-10H2,1H3,(H,22,26)(H,24,25)/b17-12-. The van der Waals surface area contributed by atoms with Crippen LogP contribution < -0.4 is 10.6 Å². The molecule has 6 nitrogen and oxygen atoms in total. The minimum atomic E-state index is -0.888. The molecule has 4 rings (SSSR count). The van der Waals surface area contributed by atoms with Gasteiger partial charge in [0.25, 0.3) is 5.91 Å². The Labute approximate surface area is 155 Å². The van der Waals surface area contributed by atoms with Crippen molar-refractivity contribution in [3.63, 3.8) is 0 Å². The normalized spacial score (nSPS) is 33.4. The first-order chi connectivity index (χ1) is 12.4. The summed E-state index contributed by atoms with van der Waals surface area (Å²) in [5.74, 6) is 1.26. The van der Waals surface area contributed by atoms with E-state index in [4.69, 9.17) is 5.11 Å². The van der Waals surface area contributed by atoms with Crippen LogP contribution in [0.4, 0.5) is 0 Å². The predicted molar refractivity (Wildman–Crippen MR) is 96.8 cm³/mol. The van der Waals surface area contributed by atoms with Crippen LogP contribution in [0.15, 0.2) is 11.8 Å². The fraction of sp³-hybridized carbons (Fsp3) is 0.750. The lowest BCUT2D eigenvalue weighted by molar-refractivity contribution is -0.137. The van der Waals surface area contributed by atoms with Gasteiger partial charge in [-0.25, -0.2) is 0 Å². The number of nitrogens with one attached hydrogen (secondary N) is 2. The van der Waals surface area contributed by atoms with Crippen LogP contribution in [0, 0.1) is 34.5 Å². The van der Waals surface area contributed by atoms with E-state index < -0.39 is 11.9 Å². The smallest absolute Gasteiger partial charge is 0.303 e. The molecule has 142 valence electrons. The number of rotatable bonds is 8. The van der Waals surface area contributed by atoms with Gasteiger partial charge >= 0.3 is 5.97 Å². The van der Waals surface area contributed by atoms with E-state index in [0.717, 1.165) is 17.8 Å². The van der Waals surface area contributed by atoms with Crippen molar-refractivity contribution in [2.45, 2.75) is 64.3 Å². The molecule has 26 heavy (non-hydrogen) atoms. The molecule has 4 aliphatic rings. The minimum absolute atomic E-state index is 0.00713. The van der Waals surface area contributed by atoms with Crippen LogP contribution in [-0.4, -0.2) is 29.6 Å². The van der Waals surface area contributed by atoms with Crippen LogP contribution in [-0.2, 0) is 9.59 Å². The molecule has 1 unspecified atom stereocenters. The molecule has 0 aromatic carbocycles. The van der Waals surface area contributed by atoms with Gasteiger partial charge in [-0.1, -0.05) is 0 Å². The van der Waals surface area contributed by atoms with Crippen LogP contribution in [0.2, 0.25) is 0 Å². The zero-order valence-electron chi connectivity index (χ0n) is 15.5. The number of amides is 1. The summed E-state index contributed by atoms with van der Waals surface area (Å²) >= 11 is 0. The first-order valence-electron chi connectivity index (χ1n) is 9.78. The lowest BCUT2D eigenvalue weighted by Crippen LogP contribution is -2.54. The Morgan fingerprint density at radius 3 is 2.31 bits per heavy atom. The van der Waals surface area contributed by atoms with E-state index in [0.29, 0.717) is 11.8 Å². The summed E-state index contributed by atoms with van der Waals surface area (Å²) in [5, 5.41) is 23.8. The van der Waals surface area contributed by atoms with E-state index in [1.165, 1.54) is 38.5 Å². The molecule has 0 saturated heterocycles. The lowest BCUT2D eigenvalue weighted by Gasteiger charge is -2.59. The predicted octanol–water partition coefficient (Wildman–Crippen LogP) is 2.57. The first kappa shape index (κ1) is 18.8. The maximum absolute atomic E-state index is 12.1. The van der Waals surface area contributed by atoms with Crippen molar-refractivity contribution >= 4 is 11.9 Å². The number of carbonyl (C=O) groups is 2. The number of hydrogen-bond donors (Lipinski definition) is 3. The summed E-state index contributed by atoms with van der Waals surface area (Å²) in [5.41, 5.74) is 0.362. The second-order valence-corrected chi connectivity index (χ2v) is 8.59. The highest BCUT2D eigenvalue weighted by Gasteiger charge is 2.52. The van der Waals surface area contributed by atoms with E-state index in [-0.39, 0.29) is 24.6 Å². The summed E-state index contributed by atoms with van der Waals surface area (Å²) in [6.45, 7) is 2.44. The van der Waals surface area contributed by atoms with E-state index in [1.54, 1.807) is 6.20 Å². The van der Waals surface area contributed by atoms with Gasteiger partial charge in [-0.2, -0.15) is 5.26 Å². The van der Waals surface area contributed by atoms with Crippen molar-refractivity contribution in [2.24, 2.45) is 23.2 Å². The van der Waals surface area contributed by atoms with Gasteiger partial charge in [0.1, 0.15) is 11.6 Å². The largest absolute Gasteiger partial charge is 0.481 e. The van der Waals surface area contributed by atoms with Gasteiger partial charge in [0.05, 0.1) is 0 Å². The zero-order valence-corrected chi connectivity index (χ0v) is 15.5. The van der Waals surface area contributed by atoms with Gasteiger partial charge < -0.3 is 15.7 Å². The van der Waals surface area contributed by atoms with E-state index in [9.17, 15) is 14.9 Å². The Kier molecular flexibility index (Phi) is 5.55. The summed E-state index contributed by atoms with van der Waals surface area (Å²) < 4.78 is 0. The van der Waals surface area contributed by atoms with Crippen molar-refractivity contribution in [1.82, 2.24) is 10.6 Å². The molecule has 4 fully saturated rings. The Bertz CT molecular complexity index is 599. The fourth-order valence-corrected chi connectivity index (χ4v) is 5.78. The van der Waals surface area contributed by atoms with Crippen molar-refractivity contribution in [3.8, 4) is 6.07 Å². The van der Waals surface area contributed by atoms with E-state index in [1.807, 2.05) is 6.07 Å². The molecule has 0 aromatic rings. The third-order valence-electron chi connectivity index (χ3n) is 6.70. The number of hydrogen-bond acceptors (Lipinski definition) is 4. The van der Waals surface area contributed by atoms with Crippen molar-refractivity contribution in [3.05, 3.63) is 11.8 Å². The second kappa shape index (κ2) is 7.69. The van der Waals surface area contributed by atoms with Gasteiger partial charge in [0.15, 0.2) is 0 Å². The molecule has 0 heterocycles. The Morgan fingerprint density at radius 1 is 1.23 bits per heavy atom. The molecule has 4 saturated carbocycles. The average molecular weight is 359 g/mol. The Hall–Kier alpha value is -2.03. The molecule has 0 radical (unpaired) electrons. The fourth-order valence-electron chi connectivity index (χ4n) is 5.78. The maximum Gasteiger partial charge on any atom is 0.303 e. The molecule has 1 atom stereocenters. The number of carbonyl (C=O) groups excluding carboxylic acids is 1. The van der Waals surface area contributed by atoms with E-state index in [2.05, 4.69) is 17.6 Å². The molecule has 0 aliphatic heterocycles. The van der Waals surface area contributed by atoms with Crippen molar-refractivity contribution in [2.75, 3.05) is 6.54 Å². The number of nitriles is 1. The molecular weight excluding hydrogens is 330 g/mol. The van der Waals surface area contributed by atoms with Gasteiger partial charge in [-0.05, 0) is 75.0 Å². The van der Waals surface area contributed by atoms with Gasteiger partial charge in [0.2, 0.25) is 0 Å². The molecule has 6 heteroatoms. The van der Waals surface area contributed by atoms with Crippen molar-refractivity contribution in [1.29, 1.82) is 5.26 Å². The van der Waals surface area contributed by atoms with Crippen LogP contribution in [0.1, 0.15) is 58.3 Å². The lowest BCUT2D eigenvalue weighted by atomic mass is 9.48.